The number of amides is 2. The molecule has 0 aromatic heterocycles. The minimum Gasteiger partial charge on any atom is -0.494 e. The summed E-state index contributed by atoms with van der Waals surface area (Å²) in [5.41, 5.74) is 1.73. The number of hydrogen-bond acceptors (Lipinski definition) is 5. The van der Waals surface area contributed by atoms with Crippen LogP contribution in [-0.4, -0.2) is 37.4 Å². The van der Waals surface area contributed by atoms with Gasteiger partial charge in [0.05, 0.1) is 12.3 Å². The summed E-state index contributed by atoms with van der Waals surface area (Å²) in [7, 11) is 0. The minimum atomic E-state index is -0.596. The van der Waals surface area contributed by atoms with E-state index in [0.29, 0.717) is 36.7 Å². The SMILES string of the molecule is Cc1ccc(OCCCN2C(=O)COc3ccc(NC(=O)OC(C)(C)C)cc32)cc1. The van der Waals surface area contributed by atoms with Crippen molar-refractivity contribution in [3.8, 4) is 11.5 Å². The highest BCUT2D eigenvalue weighted by molar-refractivity contribution is 5.99. The number of fused-ring (bicyclic) bond motifs is 1. The van der Waals surface area contributed by atoms with Crippen LogP contribution in [-0.2, 0) is 9.53 Å². The fourth-order valence-electron chi connectivity index (χ4n) is 2.99. The Hall–Kier alpha value is -3.22. The Bertz CT molecular complexity index is 903. The third-order valence-electron chi connectivity index (χ3n) is 4.36. The molecule has 7 nitrogen and oxygen atoms in total. The molecule has 1 aliphatic heterocycles. The summed E-state index contributed by atoms with van der Waals surface area (Å²) in [5, 5.41) is 2.70. The Morgan fingerprint density at radius 2 is 1.90 bits per heavy atom. The summed E-state index contributed by atoms with van der Waals surface area (Å²) in [6.07, 6.45) is 0.103. The van der Waals surface area contributed by atoms with E-state index in [-0.39, 0.29) is 12.5 Å². The lowest BCUT2D eigenvalue weighted by Crippen LogP contribution is -2.40. The van der Waals surface area contributed by atoms with Gasteiger partial charge in [-0.1, -0.05) is 17.7 Å². The highest BCUT2D eigenvalue weighted by Crippen LogP contribution is 2.34. The summed E-state index contributed by atoms with van der Waals surface area (Å²) in [5.74, 6) is 1.27. The van der Waals surface area contributed by atoms with E-state index < -0.39 is 11.7 Å². The average molecular weight is 412 g/mol. The maximum Gasteiger partial charge on any atom is 0.412 e. The molecule has 7 heteroatoms. The first-order chi connectivity index (χ1) is 14.2. The molecule has 2 aromatic carbocycles. The van der Waals surface area contributed by atoms with Crippen LogP contribution in [0.25, 0.3) is 0 Å². The third-order valence-corrected chi connectivity index (χ3v) is 4.36. The molecule has 0 saturated heterocycles. The van der Waals surface area contributed by atoms with Crippen LogP contribution in [0.3, 0.4) is 0 Å². The number of aryl methyl sites for hydroxylation is 1. The maximum absolute atomic E-state index is 12.4. The molecule has 0 saturated carbocycles. The van der Waals surface area contributed by atoms with Gasteiger partial charge in [0.25, 0.3) is 5.91 Å². The van der Waals surface area contributed by atoms with Crippen LogP contribution in [0.4, 0.5) is 16.2 Å². The molecule has 1 heterocycles. The van der Waals surface area contributed by atoms with Crippen molar-refractivity contribution in [1.29, 1.82) is 0 Å². The van der Waals surface area contributed by atoms with Crippen molar-refractivity contribution in [1.82, 2.24) is 0 Å². The molecule has 0 bridgehead atoms. The van der Waals surface area contributed by atoms with Crippen molar-refractivity contribution in [3.63, 3.8) is 0 Å². The van der Waals surface area contributed by atoms with Gasteiger partial charge < -0.3 is 19.1 Å². The van der Waals surface area contributed by atoms with Crippen LogP contribution in [0.5, 0.6) is 11.5 Å². The van der Waals surface area contributed by atoms with E-state index in [4.69, 9.17) is 14.2 Å². The van der Waals surface area contributed by atoms with Crippen LogP contribution in [0, 0.1) is 6.92 Å². The number of benzene rings is 2. The Labute approximate surface area is 176 Å². The molecular weight excluding hydrogens is 384 g/mol. The highest BCUT2D eigenvalue weighted by Gasteiger charge is 2.26. The summed E-state index contributed by atoms with van der Waals surface area (Å²) in [6.45, 7) is 8.38. The number of rotatable bonds is 6. The van der Waals surface area contributed by atoms with E-state index >= 15 is 0 Å². The topological polar surface area (TPSA) is 77.1 Å². The van der Waals surface area contributed by atoms with Gasteiger partial charge in [0, 0.05) is 12.2 Å². The van der Waals surface area contributed by atoms with E-state index in [1.165, 1.54) is 5.56 Å². The fraction of sp³-hybridized carbons (Fsp3) is 0.391. The number of ether oxygens (including phenoxy) is 3. The molecule has 0 spiro atoms. The summed E-state index contributed by atoms with van der Waals surface area (Å²) in [4.78, 5) is 26.1. The van der Waals surface area contributed by atoms with Gasteiger partial charge in [-0.15, -0.1) is 0 Å². The van der Waals surface area contributed by atoms with E-state index in [1.807, 2.05) is 31.2 Å². The number of nitrogens with one attached hydrogen (secondary N) is 1. The second-order valence-electron chi connectivity index (χ2n) is 8.16. The molecule has 3 rings (SSSR count). The van der Waals surface area contributed by atoms with E-state index in [9.17, 15) is 9.59 Å². The standard InChI is InChI=1S/C23H28N2O5/c1-16-6-9-18(10-7-16)28-13-5-12-25-19-14-17(24-22(27)30-23(2,3)4)8-11-20(19)29-15-21(25)26/h6-11,14H,5,12-13,15H2,1-4H3,(H,24,27). The molecule has 1 N–H and O–H groups in total. The molecule has 2 aromatic rings. The van der Waals surface area contributed by atoms with Crippen molar-refractivity contribution >= 4 is 23.4 Å². The normalized spacial score (nSPS) is 13.3. The van der Waals surface area contributed by atoms with Gasteiger partial charge in [-0.25, -0.2) is 4.79 Å². The maximum atomic E-state index is 12.4. The zero-order valence-corrected chi connectivity index (χ0v) is 17.9. The molecule has 0 aliphatic carbocycles. The van der Waals surface area contributed by atoms with Gasteiger partial charge in [-0.3, -0.25) is 10.1 Å². The first-order valence-electron chi connectivity index (χ1n) is 9.98. The smallest absolute Gasteiger partial charge is 0.412 e. The fourth-order valence-corrected chi connectivity index (χ4v) is 2.99. The van der Waals surface area contributed by atoms with Gasteiger partial charge in [-0.2, -0.15) is 0 Å². The molecular formula is C23H28N2O5. The lowest BCUT2D eigenvalue weighted by molar-refractivity contribution is -0.121. The Kier molecular flexibility index (Phi) is 6.50. The van der Waals surface area contributed by atoms with Crippen LogP contribution < -0.4 is 19.7 Å². The Morgan fingerprint density at radius 3 is 2.60 bits per heavy atom. The molecule has 160 valence electrons. The van der Waals surface area contributed by atoms with E-state index in [2.05, 4.69) is 5.32 Å². The summed E-state index contributed by atoms with van der Waals surface area (Å²) < 4.78 is 16.6. The Balaban J connectivity index is 1.62. The first-order valence-corrected chi connectivity index (χ1v) is 9.98. The zero-order chi connectivity index (χ0) is 21.7. The quantitative estimate of drug-likeness (QED) is 0.705. The predicted octanol–water partition coefficient (Wildman–Crippen LogP) is 4.54. The Morgan fingerprint density at radius 1 is 1.17 bits per heavy atom. The highest BCUT2D eigenvalue weighted by atomic mass is 16.6. The second-order valence-corrected chi connectivity index (χ2v) is 8.16. The second kappa shape index (κ2) is 9.07. The molecule has 1 aliphatic rings. The molecule has 0 atom stereocenters. The van der Waals surface area contributed by atoms with E-state index in [1.54, 1.807) is 43.9 Å². The zero-order valence-electron chi connectivity index (χ0n) is 17.9. The largest absolute Gasteiger partial charge is 0.494 e. The van der Waals surface area contributed by atoms with Crippen molar-refractivity contribution in [3.05, 3.63) is 48.0 Å². The van der Waals surface area contributed by atoms with Gasteiger partial charge in [0.1, 0.15) is 17.1 Å². The molecule has 0 fully saturated rings. The number of nitrogens with zero attached hydrogens (tertiary/aromatic N) is 1. The predicted molar refractivity (Wildman–Crippen MR) is 115 cm³/mol. The molecule has 0 unspecified atom stereocenters. The van der Waals surface area contributed by atoms with Gasteiger partial charge in [-0.05, 0) is 64.4 Å². The molecule has 2 amide bonds. The lowest BCUT2D eigenvalue weighted by Gasteiger charge is -2.30. The average Bonchev–Trinajstić information content (AvgIpc) is 2.66. The van der Waals surface area contributed by atoms with Crippen LogP contribution >= 0.6 is 0 Å². The van der Waals surface area contributed by atoms with Gasteiger partial charge >= 0.3 is 6.09 Å². The number of anilines is 2. The monoisotopic (exact) mass is 412 g/mol. The van der Waals surface area contributed by atoms with Crippen molar-refractivity contribution < 1.29 is 23.8 Å². The number of hydrogen-bond donors (Lipinski definition) is 1. The number of carbonyl (C=O) groups is 2. The van der Waals surface area contributed by atoms with Crippen LogP contribution in [0.15, 0.2) is 42.5 Å². The van der Waals surface area contributed by atoms with Crippen LogP contribution in [0.2, 0.25) is 0 Å². The number of carbonyl (C=O) groups excluding carboxylic acids is 2. The lowest BCUT2D eigenvalue weighted by atomic mass is 10.2. The first kappa shape index (κ1) is 21.5. The summed E-state index contributed by atoms with van der Waals surface area (Å²) in [6, 6.07) is 13.0. The van der Waals surface area contributed by atoms with E-state index in [0.717, 1.165) is 5.75 Å². The van der Waals surface area contributed by atoms with Gasteiger partial charge in [0.2, 0.25) is 0 Å². The minimum absolute atomic E-state index is 0.00927. The third kappa shape index (κ3) is 5.89. The van der Waals surface area contributed by atoms with Crippen molar-refractivity contribution in [2.45, 2.75) is 39.7 Å². The molecule has 30 heavy (non-hydrogen) atoms. The van der Waals surface area contributed by atoms with Crippen molar-refractivity contribution in [2.24, 2.45) is 0 Å². The van der Waals surface area contributed by atoms with Crippen LogP contribution in [0.1, 0.15) is 32.8 Å². The van der Waals surface area contributed by atoms with Gasteiger partial charge in [0.15, 0.2) is 6.61 Å². The molecule has 0 radical (unpaired) electrons. The summed E-state index contributed by atoms with van der Waals surface area (Å²) >= 11 is 0. The van der Waals surface area contributed by atoms with Crippen molar-refractivity contribution in [2.75, 3.05) is 30.0 Å².